The number of carboxylic acids is 1. The molecule has 0 spiro atoms. The predicted molar refractivity (Wildman–Crippen MR) is 127 cm³/mol. The topological polar surface area (TPSA) is 97.3 Å². The zero-order valence-electron chi connectivity index (χ0n) is 18.8. The summed E-state index contributed by atoms with van der Waals surface area (Å²) < 4.78 is 16.1. The Morgan fingerprint density at radius 1 is 0.941 bits per heavy atom. The highest BCUT2D eigenvalue weighted by molar-refractivity contribution is 5.80. The number of carbonyl (C=O) groups excluding carboxylic acids is 1. The maximum absolute atomic E-state index is 12.6. The molecule has 0 saturated carbocycles. The second kappa shape index (κ2) is 10.7. The van der Waals surface area contributed by atoms with E-state index in [9.17, 15) is 14.7 Å². The van der Waals surface area contributed by atoms with Crippen molar-refractivity contribution in [3.8, 4) is 16.9 Å². The summed E-state index contributed by atoms with van der Waals surface area (Å²) >= 11 is 0. The average Bonchev–Trinajstić information content (AvgIpc) is 3.16. The Morgan fingerprint density at radius 3 is 2.15 bits per heavy atom. The molecule has 0 heterocycles. The summed E-state index contributed by atoms with van der Waals surface area (Å²) in [6.45, 7) is 2.21. The zero-order valence-corrected chi connectivity index (χ0v) is 18.8. The first-order chi connectivity index (χ1) is 16.6. The van der Waals surface area contributed by atoms with E-state index in [0.29, 0.717) is 18.0 Å². The number of benzene rings is 3. The number of hydrogen-bond acceptors (Lipinski definition) is 6. The molecule has 0 saturated heterocycles. The Hall–Kier alpha value is -4.04. The molecule has 0 aromatic heterocycles. The van der Waals surface area contributed by atoms with Crippen molar-refractivity contribution in [2.24, 2.45) is 0 Å². The Balaban J connectivity index is 1.41. The first-order valence-corrected chi connectivity index (χ1v) is 11.0. The van der Waals surface area contributed by atoms with Crippen LogP contribution in [0.15, 0.2) is 72.8 Å². The number of rotatable bonds is 10. The summed E-state index contributed by atoms with van der Waals surface area (Å²) in [7, 11) is 0. The van der Waals surface area contributed by atoms with E-state index >= 15 is 0 Å². The largest absolute Gasteiger partial charge is 0.480 e. The first-order valence-electron chi connectivity index (χ1n) is 11.0. The molecule has 1 amide bonds. The summed E-state index contributed by atoms with van der Waals surface area (Å²) in [6.07, 6.45) is -0.736. The second-order valence-electron chi connectivity index (χ2n) is 7.67. The standard InChI is InChI=1S/C26H26N2O6/c1-2-32-17-34-19-13-11-18(12-14-19)28(15-25(29)30)27-26(31)33-16-24-22-9-5-3-7-20(22)21-8-4-6-10-23(21)24/h3-14,24H,2,15-17H2,1H3,(H,27,31)(H,29,30). The Kier molecular flexibility index (Phi) is 7.29. The lowest BCUT2D eigenvalue weighted by molar-refractivity contribution is -0.135. The van der Waals surface area contributed by atoms with Crippen molar-refractivity contribution in [3.63, 3.8) is 0 Å². The van der Waals surface area contributed by atoms with Gasteiger partial charge in [0.1, 0.15) is 18.9 Å². The first kappa shape index (κ1) is 23.1. The van der Waals surface area contributed by atoms with E-state index in [2.05, 4.69) is 17.6 Å². The Labute approximate surface area is 197 Å². The van der Waals surface area contributed by atoms with Gasteiger partial charge in [-0.2, -0.15) is 0 Å². The van der Waals surface area contributed by atoms with Crippen molar-refractivity contribution in [2.45, 2.75) is 12.8 Å². The molecule has 3 aromatic rings. The van der Waals surface area contributed by atoms with E-state index in [1.807, 2.05) is 43.3 Å². The van der Waals surface area contributed by atoms with Gasteiger partial charge in [-0.1, -0.05) is 48.5 Å². The minimum Gasteiger partial charge on any atom is -0.480 e. The molecule has 0 bridgehead atoms. The minimum atomic E-state index is -1.10. The molecular weight excluding hydrogens is 436 g/mol. The van der Waals surface area contributed by atoms with Crippen molar-refractivity contribution in [3.05, 3.63) is 83.9 Å². The number of amides is 1. The highest BCUT2D eigenvalue weighted by atomic mass is 16.7. The van der Waals surface area contributed by atoms with Gasteiger partial charge in [-0.25, -0.2) is 10.2 Å². The zero-order chi connectivity index (χ0) is 23.9. The number of nitrogens with zero attached hydrogens (tertiary/aromatic N) is 1. The minimum absolute atomic E-state index is 0.0900. The van der Waals surface area contributed by atoms with Gasteiger partial charge >= 0.3 is 12.1 Å². The molecular formula is C26H26N2O6. The predicted octanol–water partition coefficient (Wildman–Crippen LogP) is 4.40. The summed E-state index contributed by atoms with van der Waals surface area (Å²) in [4.78, 5) is 24.0. The van der Waals surface area contributed by atoms with Crippen LogP contribution in [0.25, 0.3) is 11.1 Å². The normalized spacial score (nSPS) is 11.9. The third-order valence-electron chi connectivity index (χ3n) is 5.52. The van der Waals surface area contributed by atoms with Crippen molar-refractivity contribution in [2.75, 3.05) is 31.6 Å². The van der Waals surface area contributed by atoms with Crippen LogP contribution in [0.1, 0.15) is 24.0 Å². The lowest BCUT2D eigenvalue weighted by Gasteiger charge is -2.24. The third-order valence-corrected chi connectivity index (χ3v) is 5.52. The van der Waals surface area contributed by atoms with Crippen LogP contribution >= 0.6 is 0 Å². The molecule has 34 heavy (non-hydrogen) atoms. The fourth-order valence-electron chi connectivity index (χ4n) is 3.99. The van der Waals surface area contributed by atoms with Crippen LogP contribution in [0.3, 0.4) is 0 Å². The van der Waals surface area contributed by atoms with Gasteiger partial charge in [-0.05, 0) is 53.4 Å². The molecule has 3 aromatic carbocycles. The summed E-state index contributed by atoms with van der Waals surface area (Å²) in [5.74, 6) is -0.628. The van der Waals surface area contributed by atoms with E-state index in [-0.39, 0.29) is 19.3 Å². The molecule has 8 heteroatoms. The van der Waals surface area contributed by atoms with Crippen LogP contribution in [-0.2, 0) is 14.3 Å². The molecule has 0 aliphatic heterocycles. The average molecular weight is 463 g/mol. The van der Waals surface area contributed by atoms with Crippen LogP contribution in [0, 0.1) is 0 Å². The van der Waals surface area contributed by atoms with E-state index in [4.69, 9.17) is 14.2 Å². The Bertz CT molecular complexity index is 1100. The fourth-order valence-corrected chi connectivity index (χ4v) is 3.99. The lowest BCUT2D eigenvalue weighted by Crippen LogP contribution is -2.45. The maximum Gasteiger partial charge on any atom is 0.426 e. The smallest absolute Gasteiger partial charge is 0.426 e. The second-order valence-corrected chi connectivity index (χ2v) is 7.67. The van der Waals surface area contributed by atoms with E-state index in [1.165, 1.54) is 5.01 Å². The van der Waals surface area contributed by atoms with E-state index in [0.717, 1.165) is 22.3 Å². The van der Waals surface area contributed by atoms with E-state index < -0.39 is 18.6 Å². The summed E-state index contributed by atoms with van der Waals surface area (Å²) in [5, 5.41) is 10.5. The van der Waals surface area contributed by atoms with Gasteiger partial charge in [-0.15, -0.1) is 0 Å². The van der Waals surface area contributed by atoms with Gasteiger partial charge in [-0.3, -0.25) is 9.80 Å². The van der Waals surface area contributed by atoms with Gasteiger partial charge in [0.05, 0.1) is 5.69 Å². The highest BCUT2D eigenvalue weighted by Gasteiger charge is 2.29. The van der Waals surface area contributed by atoms with Gasteiger partial charge in [0.2, 0.25) is 0 Å². The fraction of sp³-hybridized carbons (Fsp3) is 0.231. The monoisotopic (exact) mass is 462 g/mol. The molecule has 8 nitrogen and oxygen atoms in total. The van der Waals surface area contributed by atoms with Crippen LogP contribution in [0.2, 0.25) is 0 Å². The summed E-state index contributed by atoms with van der Waals surface area (Å²) in [5.41, 5.74) is 7.46. The quantitative estimate of drug-likeness (QED) is 0.262. The van der Waals surface area contributed by atoms with Gasteiger partial charge in [0.15, 0.2) is 6.79 Å². The van der Waals surface area contributed by atoms with Crippen molar-refractivity contribution < 1.29 is 28.9 Å². The van der Waals surface area contributed by atoms with Crippen LogP contribution in [0.4, 0.5) is 10.5 Å². The van der Waals surface area contributed by atoms with Crippen molar-refractivity contribution in [1.82, 2.24) is 5.43 Å². The lowest BCUT2D eigenvalue weighted by atomic mass is 9.98. The molecule has 176 valence electrons. The number of hydrogen-bond donors (Lipinski definition) is 2. The SMILES string of the molecule is CCOCOc1ccc(N(CC(=O)O)NC(=O)OCC2c3ccccc3-c3ccccc32)cc1. The Morgan fingerprint density at radius 2 is 1.56 bits per heavy atom. The van der Waals surface area contributed by atoms with Gasteiger partial charge in [0, 0.05) is 12.5 Å². The maximum atomic E-state index is 12.6. The molecule has 1 aliphatic rings. The molecule has 0 fully saturated rings. The summed E-state index contributed by atoms with van der Waals surface area (Å²) in [6, 6.07) is 22.7. The molecule has 2 N–H and O–H groups in total. The molecule has 0 radical (unpaired) electrons. The number of hydrazine groups is 1. The number of anilines is 1. The molecule has 0 unspecified atom stereocenters. The van der Waals surface area contributed by atoms with E-state index in [1.54, 1.807) is 24.3 Å². The number of aliphatic carboxylic acids is 1. The van der Waals surface area contributed by atoms with Crippen LogP contribution < -0.4 is 15.2 Å². The van der Waals surface area contributed by atoms with Crippen molar-refractivity contribution in [1.29, 1.82) is 0 Å². The molecule has 1 aliphatic carbocycles. The molecule has 4 rings (SSSR count). The highest BCUT2D eigenvalue weighted by Crippen LogP contribution is 2.44. The van der Waals surface area contributed by atoms with Gasteiger partial charge < -0.3 is 19.3 Å². The number of ether oxygens (including phenoxy) is 3. The number of nitrogens with one attached hydrogen (secondary N) is 1. The van der Waals surface area contributed by atoms with Crippen molar-refractivity contribution >= 4 is 17.7 Å². The van der Waals surface area contributed by atoms with Crippen LogP contribution in [0.5, 0.6) is 5.75 Å². The van der Waals surface area contributed by atoms with Gasteiger partial charge in [0.25, 0.3) is 0 Å². The number of carbonyl (C=O) groups is 2. The van der Waals surface area contributed by atoms with Crippen LogP contribution in [-0.4, -0.2) is 43.7 Å². The molecule has 0 atom stereocenters. The number of carboxylic acid groups (broad SMARTS) is 1. The number of fused-ring (bicyclic) bond motifs is 3. The third kappa shape index (κ3) is 5.29.